The molecule has 0 saturated carbocycles. The van der Waals surface area contributed by atoms with Crippen LogP contribution < -0.4 is 15.5 Å². The Bertz CT molecular complexity index is 714. The first-order valence-corrected chi connectivity index (χ1v) is 9.69. The number of hydrogen-bond acceptors (Lipinski definition) is 1. The molecule has 0 heterocycles. The monoisotopic (exact) mass is 353 g/mol. The van der Waals surface area contributed by atoms with Crippen molar-refractivity contribution in [1.29, 1.82) is 0 Å². The van der Waals surface area contributed by atoms with E-state index in [0.29, 0.717) is 12.6 Å². The summed E-state index contributed by atoms with van der Waals surface area (Å²) < 4.78 is 0. The molecule has 0 aromatic heterocycles. The molecule has 0 aliphatic heterocycles. The lowest BCUT2D eigenvalue weighted by molar-refractivity contribution is -0.908. The molecular weight excluding hydrogens is 322 g/mol. The van der Waals surface area contributed by atoms with Crippen LogP contribution in [0.5, 0.6) is 0 Å². The average Bonchev–Trinajstić information content (AvgIpc) is 2.66. The topological polar surface area (TPSA) is 50.2 Å². The number of likely N-dealkylation sites (N-methyl/N-ethyl adjacent to an activating group) is 1. The molecule has 1 amide bonds. The number of fused-ring (bicyclic) bond motifs is 1. The largest absolute Gasteiger partial charge is 0.344 e. The van der Waals surface area contributed by atoms with Gasteiger partial charge in [0.15, 0.2) is 12.6 Å². The van der Waals surface area contributed by atoms with Crippen LogP contribution in [0.4, 0.5) is 0 Å². The van der Waals surface area contributed by atoms with Gasteiger partial charge in [0.25, 0.3) is 5.91 Å². The number of carbonyl (C=O) groups is 1. The summed E-state index contributed by atoms with van der Waals surface area (Å²) in [6.45, 7) is 1.39. The molecule has 0 fully saturated rings. The molecule has 138 valence electrons. The van der Waals surface area contributed by atoms with Crippen molar-refractivity contribution >= 4 is 5.91 Å². The van der Waals surface area contributed by atoms with Crippen LogP contribution in [0.1, 0.15) is 41.6 Å². The third-order valence-electron chi connectivity index (χ3n) is 5.34. The van der Waals surface area contributed by atoms with Crippen LogP contribution in [-0.4, -0.2) is 33.1 Å². The predicted molar refractivity (Wildman–Crippen MR) is 104 cm³/mol. The molecule has 2 aromatic rings. The van der Waals surface area contributed by atoms with Gasteiger partial charge in [-0.05, 0) is 30.4 Å². The van der Waals surface area contributed by atoms with Crippen LogP contribution in [0.3, 0.4) is 0 Å². The highest BCUT2D eigenvalue weighted by molar-refractivity contribution is 5.77. The Morgan fingerprint density at radius 3 is 2.65 bits per heavy atom. The Morgan fingerprint density at radius 1 is 1.15 bits per heavy atom. The van der Waals surface area contributed by atoms with Crippen LogP contribution in [0.15, 0.2) is 54.6 Å². The maximum atomic E-state index is 12.5. The van der Waals surface area contributed by atoms with Crippen LogP contribution in [-0.2, 0) is 11.2 Å². The van der Waals surface area contributed by atoms with Crippen molar-refractivity contribution < 1.29 is 15.0 Å². The molecule has 1 aliphatic rings. The van der Waals surface area contributed by atoms with Crippen molar-refractivity contribution in [1.82, 2.24) is 5.32 Å². The Labute approximate surface area is 156 Å². The molecule has 2 aromatic carbocycles. The lowest BCUT2D eigenvalue weighted by atomic mass is 9.88. The summed E-state index contributed by atoms with van der Waals surface area (Å²) in [7, 11) is 4.34. The van der Waals surface area contributed by atoms with Crippen molar-refractivity contribution in [3.8, 4) is 0 Å². The van der Waals surface area contributed by atoms with Gasteiger partial charge in [-0.15, -0.1) is 0 Å². The van der Waals surface area contributed by atoms with E-state index in [1.165, 1.54) is 21.6 Å². The number of nitrogens with two attached hydrogens (primary N) is 1. The Hall–Kier alpha value is -2.17. The maximum Gasteiger partial charge on any atom is 0.275 e. The number of quaternary nitrogens is 2. The van der Waals surface area contributed by atoms with E-state index in [2.05, 4.69) is 73.3 Å². The molecule has 0 bridgehead atoms. The Kier molecular flexibility index (Phi) is 6.42. The van der Waals surface area contributed by atoms with Crippen molar-refractivity contribution in [2.75, 3.05) is 27.2 Å². The highest BCUT2D eigenvalue weighted by Crippen LogP contribution is 2.29. The van der Waals surface area contributed by atoms with Gasteiger partial charge in [-0.3, -0.25) is 4.79 Å². The number of amides is 1. The summed E-state index contributed by atoms with van der Waals surface area (Å²) in [4.78, 5) is 13.8. The van der Waals surface area contributed by atoms with Crippen LogP contribution in [0, 0.1) is 0 Å². The molecule has 0 saturated heterocycles. The van der Waals surface area contributed by atoms with Gasteiger partial charge >= 0.3 is 0 Å². The number of hydrogen-bond donors (Lipinski definition) is 3. The van der Waals surface area contributed by atoms with E-state index >= 15 is 0 Å². The van der Waals surface area contributed by atoms with Gasteiger partial charge in [-0.1, -0.05) is 54.6 Å². The second-order valence-electron chi connectivity index (χ2n) is 7.48. The van der Waals surface area contributed by atoms with Crippen LogP contribution in [0.2, 0.25) is 0 Å². The summed E-state index contributed by atoms with van der Waals surface area (Å²) in [6.07, 6.45) is 3.31. The minimum Gasteiger partial charge on any atom is -0.344 e. The first kappa shape index (κ1) is 18.6. The second kappa shape index (κ2) is 8.97. The number of nitrogens with one attached hydrogen (secondary N) is 2. The standard InChI is InChI=1S/C22H29N3O/c1-25(2)21(18-10-4-3-5-11-18)15-23-16-22(26)24-20-14-8-12-17-9-6-7-13-19(17)20/h3-7,9-11,13,20-21,23H,8,12,14-16H2,1-2H3,(H,24,26)/p+2/t20-,21-/m0/s1. The third kappa shape index (κ3) is 4.71. The summed E-state index contributed by atoms with van der Waals surface area (Å²) in [5, 5.41) is 5.37. The van der Waals surface area contributed by atoms with E-state index in [9.17, 15) is 4.79 Å². The molecule has 4 heteroatoms. The number of rotatable bonds is 7. The van der Waals surface area contributed by atoms with E-state index < -0.39 is 0 Å². The van der Waals surface area contributed by atoms with Crippen molar-refractivity contribution in [3.63, 3.8) is 0 Å². The summed E-state index contributed by atoms with van der Waals surface area (Å²) in [6, 6.07) is 19.6. The fourth-order valence-electron chi connectivity index (χ4n) is 3.93. The molecule has 1 aliphatic carbocycles. The average molecular weight is 354 g/mol. The minimum absolute atomic E-state index is 0.132. The molecular formula is C22H31N3O+2. The third-order valence-corrected chi connectivity index (χ3v) is 5.34. The number of aryl methyl sites for hydroxylation is 1. The maximum absolute atomic E-state index is 12.5. The quantitative estimate of drug-likeness (QED) is 0.672. The van der Waals surface area contributed by atoms with Crippen molar-refractivity contribution in [2.45, 2.75) is 31.3 Å². The van der Waals surface area contributed by atoms with E-state index in [1.807, 2.05) is 6.07 Å². The molecule has 0 spiro atoms. The van der Waals surface area contributed by atoms with E-state index in [4.69, 9.17) is 0 Å². The van der Waals surface area contributed by atoms with Gasteiger partial charge in [-0.25, -0.2) is 0 Å². The van der Waals surface area contributed by atoms with Crippen LogP contribution >= 0.6 is 0 Å². The first-order chi connectivity index (χ1) is 12.6. The lowest BCUT2D eigenvalue weighted by Gasteiger charge is -2.26. The van der Waals surface area contributed by atoms with Gasteiger partial charge in [0.1, 0.15) is 6.54 Å². The molecule has 3 rings (SSSR count). The summed E-state index contributed by atoms with van der Waals surface area (Å²) in [5.41, 5.74) is 4.01. The van der Waals surface area contributed by atoms with Gasteiger partial charge < -0.3 is 15.5 Å². The van der Waals surface area contributed by atoms with Gasteiger partial charge in [-0.2, -0.15) is 0 Å². The second-order valence-corrected chi connectivity index (χ2v) is 7.48. The number of benzene rings is 2. The molecule has 4 N–H and O–H groups in total. The molecule has 2 atom stereocenters. The fourth-order valence-corrected chi connectivity index (χ4v) is 3.93. The molecule has 0 unspecified atom stereocenters. The van der Waals surface area contributed by atoms with Crippen molar-refractivity contribution in [3.05, 3.63) is 71.3 Å². The Balaban J connectivity index is 1.52. The van der Waals surface area contributed by atoms with E-state index in [1.54, 1.807) is 0 Å². The fraction of sp³-hybridized carbons (Fsp3) is 0.409. The highest BCUT2D eigenvalue weighted by atomic mass is 16.1. The van der Waals surface area contributed by atoms with Crippen LogP contribution in [0.25, 0.3) is 0 Å². The van der Waals surface area contributed by atoms with Gasteiger partial charge in [0, 0.05) is 5.56 Å². The van der Waals surface area contributed by atoms with Gasteiger partial charge in [0.2, 0.25) is 0 Å². The van der Waals surface area contributed by atoms with Crippen molar-refractivity contribution in [2.24, 2.45) is 0 Å². The summed E-state index contributed by atoms with van der Waals surface area (Å²) >= 11 is 0. The van der Waals surface area contributed by atoms with E-state index in [0.717, 1.165) is 25.8 Å². The zero-order valence-corrected chi connectivity index (χ0v) is 15.9. The smallest absolute Gasteiger partial charge is 0.275 e. The highest BCUT2D eigenvalue weighted by Gasteiger charge is 2.23. The zero-order chi connectivity index (χ0) is 18.4. The first-order valence-electron chi connectivity index (χ1n) is 9.69. The molecule has 0 radical (unpaired) electrons. The van der Waals surface area contributed by atoms with E-state index in [-0.39, 0.29) is 11.9 Å². The number of carbonyl (C=O) groups excluding carboxylic acids is 1. The molecule has 4 nitrogen and oxygen atoms in total. The zero-order valence-electron chi connectivity index (χ0n) is 15.9. The molecule has 26 heavy (non-hydrogen) atoms. The van der Waals surface area contributed by atoms with Gasteiger partial charge in [0.05, 0.1) is 20.1 Å². The summed E-state index contributed by atoms with van der Waals surface area (Å²) in [5.74, 6) is 0.132. The lowest BCUT2D eigenvalue weighted by Crippen LogP contribution is -3.09. The SMILES string of the molecule is C[NH+](C)[C@@H](C[NH2+]CC(=O)N[C@H]1CCCc2ccccc21)c1ccccc1. The predicted octanol–water partition coefficient (Wildman–Crippen LogP) is 0.629. The normalized spacial score (nSPS) is 17.6. The minimum atomic E-state index is 0.132. The Morgan fingerprint density at radius 2 is 1.88 bits per heavy atom.